The summed E-state index contributed by atoms with van der Waals surface area (Å²) < 4.78 is 16.9. The van der Waals surface area contributed by atoms with Gasteiger partial charge in [0.05, 0.1) is 0 Å². The second-order valence-electron chi connectivity index (χ2n) is 22.2. The van der Waals surface area contributed by atoms with Gasteiger partial charge in [0.25, 0.3) is 0 Å². The lowest BCUT2D eigenvalue weighted by Crippen LogP contribution is -2.30. The topological polar surface area (TPSA) is 78.9 Å². The van der Waals surface area contributed by atoms with Crippen LogP contribution in [0.3, 0.4) is 0 Å². The fourth-order valence-electron chi connectivity index (χ4n) is 9.32. The Bertz CT molecular complexity index is 1040. The Balaban J connectivity index is 4.27. The Morgan fingerprint density at radius 1 is 0.299 bits per heavy atom. The van der Waals surface area contributed by atoms with Crippen LogP contribution in [0.2, 0.25) is 0 Å². The molecule has 0 aromatic heterocycles. The summed E-state index contributed by atoms with van der Waals surface area (Å²) >= 11 is 0. The monoisotopic (exact) mass is 947 g/mol. The maximum Gasteiger partial charge on any atom is 0.306 e. The molecule has 6 nitrogen and oxygen atoms in total. The van der Waals surface area contributed by atoms with Gasteiger partial charge in [0.15, 0.2) is 6.10 Å². The molecule has 6 heteroatoms. The Kier molecular flexibility index (Phi) is 51.0. The van der Waals surface area contributed by atoms with Crippen LogP contribution in [0.15, 0.2) is 0 Å². The summed E-state index contributed by atoms with van der Waals surface area (Å²) in [6, 6.07) is 0. The normalized spacial score (nSPS) is 12.5. The minimum Gasteiger partial charge on any atom is -0.462 e. The second kappa shape index (κ2) is 52.2. The van der Waals surface area contributed by atoms with E-state index in [9.17, 15) is 14.4 Å². The Hall–Kier alpha value is -1.59. The van der Waals surface area contributed by atoms with Crippen LogP contribution in [0.1, 0.15) is 337 Å². The number of hydrogen-bond donors (Lipinski definition) is 0. The third-order valence-corrected chi connectivity index (χ3v) is 14.3. The van der Waals surface area contributed by atoms with Gasteiger partial charge in [-0.2, -0.15) is 0 Å². The standard InChI is InChI=1S/C61H118O6/c1-7-57(6)49-43-37-31-25-18-14-11-12-16-20-27-33-39-45-51-60(63)66-54-58(67-61(64)52-46-40-34-28-22-21-24-30-36-42-48-56(4)5)53-65-59(62)50-44-38-32-26-19-15-10-8-9-13-17-23-29-35-41-47-55(2)3/h55-58H,7-54H2,1-6H3/t57?,58-/m1/s1. The van der Waals surface area contributed by atoms with Crippen molar-refractivity contribution in [1.29, 1.82) is 0 Å². The van der Waals surface area contributed by atoms with Gasteiger partial charge in [-0.05, 0) is 37.0 Å². The maximum absolute atomic E-state index is 12.8. The molecule has 0 fully saturated rings. The fraction of sp³-hybridized carbons (Fsp3) is 0.951. The number of hydrogen-bond acceptors (Lipinski definition) is 6. The molecule has 0 N–H and O–H groups in total. The third kappa shape index (κ3) is 53.6. The van der Waals surface area contributed by atoms with E-state index >= 15 is 0 Å². The molecular weight excluding hydrogens is 829 g/mol. The highest BCUT2D eigenvalue weighted by Crippen LogP contribution is 2.19. The third-order valence-electron chi connectivity index (χ3n) is 14.3. The first kappa shape index (κ1) is 65.4. The van der Waals surface area contributed by atoms with E-state index in [0.717, 1.165) is 75.5 Å². The van der Waals surface area contributed by atoms with Crippen LogP contribution in [0.25, 0.3) is 0 Å². The highest BCUT2D eigenvalue weighted by molar-refractivity contribution is 5.71. The number of carbonyl (C=O) groups is 3. The van der Waals surface area contributed by atoms with Crippen molar-refractivity contribution in [3.63, 3.8) is 0 Å². The molecule has 2 atom stereocenters. The minimum absolute atomic E-state index is 0.0634. The van der Waals surface area contributed by atoms with Gasteiger partial charge in [-0.15, -0.1) is 0 Å². The molecule has 0 bridgehead atoms. The first-order chi connectivity index (χ1) is 32.6. The Labute approximate surface area is 418 Å². The zero-order valence-corrected chi connectivity index (χ0v) is 46.2. The van der Waals surface area contributed by atoms with Crippen molar-refractivity contribution in [1.82, 2.24) is 0 Å². The summed E-state index contributed by atoms with van der Waals surface area (Å²) in [5.74, 6) is 1.72. The summed E-state index contributed by atoms with van der Waals surface area (Å²) in [7, 11) is 0. The summed E-state index contributed by atoms with van der Waals surface area (Å²) in [6.45, 7) is 13.8. The van der Waals surface area contributed by atoms with Crippen LogP contribution in [-0.4, -0.2) is 37.2 Å². The number of unbranched alkanes of at least 4 members (excludes halogenated alkanes) is 36. The molecule has 0 heterocycles. The predicted molar refractivity (Wildman–Crippen MR) is 289 cm³/mol. The number of rotatable bonds is 54. The molecule has 0 radical (unpaired) electrons. The van der Waals surface area contributed by atoms with E-state index in [2.05, 4.69) is 41.5 Å². The van der Waals surface area contributed by atoms with Crippen molar-refractivity contribution in [3.05, 3.63) is 0 Å². The van der Waals surface area contributed by atoms with Gasteiger partial charge < -0.3 is 14.2 Å². The number of esters is 3. The van der Waals surface area contributed by atoms with Crippen LogP contribution < -0.4 is 0 Å². The highest BCUT2D eigenvalue weighted by Gasteiger charge is 2.19. The first-order valence-electron chi connectivity index (χ1n) is 30.1. The Morgan fingerprint density at radius 2 is 0.522 bits per heavy atom. The molecular formula is C61H118O6. The first-order valence-corrected chi connectivity index (χ1v) is 30.1. The van der Waals surface area contributed by atoms with Crippen molar-refractivity contribution in [2.75, 3.05) is 13.2 Å². The minimum atomic E-state index is -0.764. The molecule has 0 aliphatic rings. The van der Waals surface area contributed by atoms with Crippen molar-refractivity contribution in [2.45, 2.75) is 343 Å². The molecule has 0 aliphatic carbocycles. The van der Waals surface area contributed by atoms with Gasteiger partial charge in [0.1, 0.15) is 13.2 Å². The molecule has 0 spiro atoms. The zero-order chi connectivity index (χ0) is 49.1. The molecule has 0 aromatic carbocycles. The summed E-state index contributed by atoms with van der Waals surface area (Å²) in [5, 5.41) is 0. The van der Waals surface area contributed by atoms with Crippen LogP contribution in [0.5, 0.6) is 0 Å². The van der Waals surface area contributed by atoms with Crippen LogP contribution in [0.4, 0.5) is 0 Å². The van der Waals surface area contributed by atoms with Gasteiger partial charge in [-0.25, -0.2) is 0 Å². The fourth-order valence-corrected chi connectivity index (χ4v) is 9.32. The molecule has 0 amide bonds. The average Bonchev–Trinajstić information content (AvgIpc) is 3.30. The quantitative estimate of drug-likeness (QED) is 0.0343. The predicted octanol–water partition coefficient (Wildman–Crippen LogP) is 19.9. The van der Waals surface area contributed by atoms with E-state index < -0.39 is 6.10 Å². The van der Waals surface area contributed by atoms with Crippen molar-refractivity contribution < 1.29 is 28.6 Å². The number of carbonyl (C=O) groups excluding carboxylic acids is 3. The van der Waals surface area contributed by atoms with Crippen LogP contribution >= 0.6 is 0 Å². The van der Waals surface area contributed by atoms with E-state index in [-0.39, 0.29) is 31.1 Å². The largest absolute Gasteiger partial charge is 0.462 e. The molecule has 0 saturated heterocycles. The zero-order valence-electron chi connectivity index (χ0n) is 46.2. The van der Waals surface area contributed by atoms with Gasteiger partial charge in [-0.3, -0.25) is 14.4 Å². The average molecular weight is 948 g/mol. The van der Waals surface area contributed by atoms with Gasteiger partial charge >= 0.3 is 17.9 Å². The lowest BCUT2D eigenvalue weighted by atomic mass is 9.99. The maximum atomic E-state index is 12.8. The van der Waals surface area contributed by atoms with E-state index in [4.69, 9.17) is 14.2 Å². The van der Waals surface area contributed by atoms with E-state index in [1.54, 1.807) is 0 Å². The lowest BCUT2D eigenvalue weighted by molar-refractivity contribution is -0.167. The van der Waals surface area contributed by atoms with E-state index in [1.807, 2.05) is 0 Å². The summed E-state index contributed by atoms with van der Waals surface area (Å²) in [6.07, 6.45) is 55.2. The van der Waals surface area contributed by atoms with Crippen molar-refractivity contribution in [2.24, 2.45) is 17.8 Å². The van der Waals surface area contributed by atoms with E-state index in [0.29, 0.717) is 19.3 Å². The molecule has 0 aromatic rings. The molecule has 398 valence electrons. The van der Waals surface area contributed by atoms with Gasteiger partial charge in [-0.1, -0.05) is 298 Å². The molecule has 0 rings (SSSR count). The lowest BCUT2D eigenvalue weighted by Gasteiger charge is -2.18. The van der Waals surface area contributed by atoms with E-state index in [1.165, 1.54) is 218 Å². The Morgan fingerprint density at radius 3 is 0.776 bits per heavy atom. The SMILES string of the molecule is CCC(C)CCCCCCCCCCCCCCCCC(=O)OC[C@@H](COC(=O)CCCCCCCCCCCCCCCCCC(C)C)OC(=O)CCCCCCCCCCCCC(C)C. The van der Waals surface area contributed by atoms with Gasteiger partial charge in [0, 0.05) is 19.3 Å². The summed E-state index contributed by atoms with van der Waals surface area (Å²) in [4.78, 5) is 38.2. The van der Waals surface area contributed by atoms with Gasteiger partial charge in [0.2, 0.25) is 0 Å². The van der Waals surface area contributed by atoms with Crippen molar-refractivity contribution >= 4 is 17.9 Å². The second-order valence-corrected chi connectivity index (χ2v) is 22.2. The van der Waals surface area contributed by atoms with Crippen molar-refractivity contribution in [3.8, 4) is 0 Å². The number of ether oxygens (including phenoxy) is 3. The van der Waals surface area contributed by atoms with Crippen LogP contribution in [-0.2, 0) is 28.6 Å². The smallest absolute Gasteiger partial charge is 0.306 e. The summed E-state index contributed by atoms with van der Waals surface area (Å²) in [5.41, 5.74) is 0. The van der Waals surface area contributed by atoms with Crippen LogP contribution in [0, 0.1) is 17.8 Å². The molecule has 67 heavy (non-hydrogen) atoms. The molecule has 0 saturated carbocycles. The molecule has 1 unspecified atom stereocenters. The highest BCUT2D eigenvalue weighted by atomic mass is 16.6. The molecule has 0 aliphatic heterocycles.